The normalized spacial score (nSPS) is 28.3. The summed E-state index contributed by atoms with van der Waals surface area (Å²) in [6.45, 7) is 2.59. The first-order valence-electron chi connectivity index (χ1n) is 6.75. The van der Waals surface area contributed by atoms with Crippen LogP contribution in [0.5, 0.6) is 0 Å². The van der Waals surface area contributed by atoms with Crippen molar-refractivity contribution in [2.75, 3.05) is 26.3 Å². The number of ether oxygens (including phenoxy) is 1. The molecule has 2 atom stereocenters. The van der Waals surface area contributed by atoms with E-state index in [1.54, 1.807) is 4.90 Å². The van der Waals surface area contributed by atoms with Gasteiger partial charge in [-0.2, -0.15) is 0 Å². The second kappa shape index (κ2) is 6.18. The molecule has 0 saturated carbocycles. The maximum absolute atomic E-state index is 11.9. The van der Waals surface area contributed by atoms with Crippen LogP contribution in [0.2, 0.25) is 0 Å². The van der Waals surface area contributed by atoms with Gasteiger partial charge < -0.3 is 14.7 Å². The molecule has 2 unspecified atom stereocenters. The number of carbonyl (C=O) groups is 2. The minimum atomic E-state index is -0.786. The van der Waals surface area contributed by atoms with E-state index in [1.165, 1.54) is 0 Å². The molecule has 2 saturated heterocycles. The van der Waals surface area contributed by atoms with Crippen molar-refractivity contribution in [1.29, 1.82) is 0 Å². The number of amides is 1. The van der Waals surface area contributed by atoms with E-state index < -0.39 is 5.97 Å². The van der Waals surface area contributed by atoms with Gasteiger partial charge in [0.1, 0.15) is 0 Å². The van der Waals surface area contributed by atoms with Gasteiger partial charge >= 0.3 is 5.97 Å². The zero-order valence-electron chi connectivity index (χ0n) is 10.6. The Morgan fingerprint density at radius 2 is 2.17 bits per heavy atom. The Hall–Kier alpha value is -1.10. The van der Waals surface area contributed by atoms with Gasteiger partial charge in [-0.15, -0.1) is 0 Å². The van der Waals surface area contributed by atoms with Crippen LogP contribution in [-0.4, -0.2) is 48.2 Å². The SMILES string of the molecule is O=C(O)C1CCN(C(=O)CCC2CCCOC2)C1. The maximum atomic E-state index is 11.9. The molecule has 1 N–H and O–H groups in total. The van der Waals surface area contributed by atoms with Gasteiger partial charge in [0.25, 0.3) is 0 Å². The van der Waals surface area contributed by atoms with E-state index in [0.29, 0.717) is 31.8 Å². The number of aliphatic carboxylic acids is 1. The molecule has 2 rings (SSSR count). The molecule has 2 heterocycles. The van der Waals surface area contributed by atoms with Crippen LogP contribution in [0, 0.1) is 11.8 Å². The number of nitrogens with zero attached hydrogens (tertiary/aromatic N) is 1. The Bertz CT molecular complexity index is 312. The van der Waals surface area contributed by atoms with Crippen molar-refractivity contribution < 1.29 is 19.4 Å². The molecule has 1 amide bonds. The standard InChI is InChI=1S/C13H21NO4/c15-12(4-3-10-2-1-7-18-9-10)14-6-5-11(8-14)13(16)17/h10-11H,1-9H2,(H,16,17). The maximum Gasteiger partial charge on any atom is 0.308 e. The first kappa shape index (κ1) is 13.3. The van der Waals surface area contributed by atoms with E-state index in [0.717, 1.165) is 32.5 Å². The minimum absolute atomic E-state index is 0.101. The van der Waals surface area contributed by atoms with E-state index in [-0.39, 0.29) is 11.8 Å². The first-order chi connectivity index (χ1) is 8.66. The summed E-state index contributed by atoms with van der Waals surface area (Å²) in [6, 6.07) is 0. The summed E-state index contributed by atoms with van der Waals surface area (Å²) >= 11 is 0. The largest absolute Gasteiger partial charge is 0.481 e. The molecular weight excluding hydrogens is 234 g/mol. The highest BCUT2D eigenvalue weighted by Gasteiger charge is 2.30. The number of carboxylic acids is 1. The topological polar surface area (TPSA) is 66.8 Å². The third-order valence-electron chi connectivity index (χ3n) is 3.91. The Kier molecular flexibility index (Phi) is 4.58. The number of carbonyl (C=O) groups excluding carboxylic acids is 1. The predicted molar refractivity (Wildman–Crippen MR) is 65.1 cm³/mol. The fourth-order valence-electron chi connectivity index (χ4n) is 2.71. The van der Waals surface area contributed by atoms with Crippen LogP contribution in [0.25, 0.3) is 0 Å². The zero-order chi connectivity index (χ0) is 13.0. The average molecular weight is 255 g/mol. The van der Waals surface area contributed by atoms with Crippen molar-refractivity contribution >= 4 is 11.9 Å². The van der Waals surface area contributed by atoms with Crippen LogP contribution >= 0.6 is 0 Å². The molecule has 0 bridgehead atoms. The molecule has 0 aromatic heterocycles. The molecule has 5 nitrogen and oxygen atoms in total. The molecule has 0 spiro atoms. The van der Waals surface area contributed by atoms with Gasteiger partial charge in [0.15, 0.2) is 0 Å². The van der Waals surface area contributed by atoms with Crippen molar-refractivity contribution in [2.24, 2.45) is 11.8 Å². The molecule has 102 valence electrons. The lowest BCUT2D eigenvalue weighted by Crippen LogP contribution is -2.30. The lowest BCUT2D eigenvalue weighted by atomic mass is 9.96. The zero-order valence-corrected chi connectivity index (χ0v) is 10.6. The Labute approximate surface area is 107 Å². The average Bonchev–Trinajstić information content (AvgIpc) is 2.87. The third kappa shape index (κ3) is 3.45. The molecule has 0 aliphatic carbocycles. The van der Waals surface area contributed by atoms with E-state index in [1.807, 2.05) is 0 Å². The Balaban J connectivity index is 1.70. The number of carboxylic acid groups (broad SMARTS) is 1. The monoisotopic (exact) mass is 255 g/mol. The number of hydrogen-bond donors (Lipinski definition) is 1. The van der Waals surface area contributed by atoms with Gasteiger partial charge in [0.2, 0.25) is 5.91 Å². The van der Waals surface area contributed by atoms with Crippen LogP contribution in [0.3, 0.4) is 0 Å². The fourth-order valence-corrected chi connectivity index (χ4v) is 2.71. The molecule has 0 aromatic carbocycles. The van der Waals surface area contributed by atoms with E-state index >= 15 is 0 Å². The second-order valence-corrected chi connectivity index (χ2v) is 5.29. The van der Waals surface area contributed by atoms with Crippen molar-refractivity contribution in [1.82, 2.24) is 4.90 Å². The summed E-state index contributed by atoms with van der Waals surface area (Å²) in [6.07, 6.45) is 4.22. The molecule has 2 fully saturated rings. The summed E-state index contributed by atoms with van der Waals surface area (Å²) in [5.74, 6) is -0.553. The summed E-state index contributed by atoms with van der Waals surface area (Å²) in [4.78, 5) is 24.5. The Morgan fingerprint density at radius 3 is 2.78 bits per heavy atom. The molecule has 2 aliphatic heterocycles. The molecule has 5 heteroatoms. The fraction of sp³-hybridized carbons (Fsp3) is 0.846. The van der Waals surface area contributed by atoms with Crippen molar-refractivity contribution in [3.05, 3.63) is 0 Å². The van der Waals surface area contributed by atoms with E-state index in [9.17, 15) is 9.59 Å². The third-order valence-corrected chi connectivity index (χ3v) is 3.91. The summed E-state index contributed by atoms with van der Waals surface area (Å²) in [5, 5.41) is 8.89. The smallest absolute Gasteiger partial charge is 0.308 e. The second-order valence-electron chi connectivity index (χ2n) is 5.29. The predicted octanol–water partition coefficient (Wildman–Crippen LogP) is 1.13. The minimum Gasteiger partial charge on any atom is -0.481 e. The van der Waals surface area contributed by atoms with Crippen LogP contribution in [0.15, 0.2) is 0 Å². The van der Waals surface area contributed by atoms with Gasteiger partial charge in [0.05, 0.1) is 5.92 Å². The number of hydrogen-bond acceptors (Lipinski definition) is 3. The lowest BCUT2D eigenvalue weighted by molar-refractivity contribution is -0.141. The molecule has 18 heavy (non-hydrogen) atoms. The van der Waals surface area contributed by atoms with Crippen LogP contribution in [-0.2, 0) is 14.3 Å². The number of likely N-dealkylation sites (tertiary alicyclic amines) is 1. The van der Waals surface area contributed by atoms with E-state index in [2.05, 4.69) is 0 Å². The van der Waals surface area contributed by atoms with Gasteiger partial charge in [-0.25, -0.2) is 0 Å². The molecule has 2 aliphatic rings. The van der Waals surface area contributed by atoms with Crippen LogP contribution < -0.4 is 0 Å². The summed E-state index contributed by atoms with van der Waals surface area (Å²) in [5.41, 5.74) is 0. The molecular formula is C13H21NO4. The summed E-state index contributed by atoms with van der Waals surface area (Å²) in [7, 11) is 0. The van der Waals surface area contributed by atoms with Crippen molar-refractivity contribution in [3.63, 3.8) is 0 Å². The molecule has 0 radical (unpaired) electrons. The Morgan fingerprint density at radius 1 is 1.33 bits per heavy atom. The lowest BCUT2D eigenvalue weighted by Gasteiger charge is -2.23. The van der Waals surface area contributed by atoms with Crippen molar-refractivity contribution in [2.45, 2.75) is 32.1 Å². The summed E-state index contributed by atoms with van der Waals surface area (Å²) < 4.78 is 5.39. The highest BCUT2D eigenvalue weighted by Crippen LogP contribution is 2.21. The van der Waals surface area contributed by atoms with E-state index in [4.69, 9.17) is 9.84 Å². The number of rotatable bonds is 4. The highest BCUT2D eigenvalue weighted by atomic mass is 16.5. The quantitative estimate of drug-likeness (QED) is 0.817. The van der Waals surface area contributed by atoms with Gasteiger partial charge in [-0.05, 0) is 31.6 Å². The van der Waals surface area contributed by atoms with Gasteiger partial charge in [-0.3, -0.25) is 9.59 Å². The highest BCUT2D eigenvalue weighted by molar-refractivity contribution is 5.78. The van der Waals surface area contributed by atoms with Crippen LogP contribution in [0.4, 0.5) is 0 Å². The van der Waals surface area contributed by atoms with Crippen LogP contribution in [0.1, 0.15) is 32.1 Å². The van der Waals surface area contributed by atoms with Crippen molar-refractivity contribution in [3.8, 4) is 0 Å². The first-order valence-corrected chi connectivity index (χ1v) is 6.75. The van der Waals surface area contributed by atoms with Gasteiger partial charge in [0, 0.05) is 32.7 Å². The molecule has 0 aromatic rings. The van der Waals surface area contributed by atoms with Gasteiger partial charge in [-0.1, -0.05) is 0 Å².